The van der Waals surface area contributed by atoms with Gasteiger partial charge in [-0.3, -0.25) is 4.57 Å². The van der Waals surface area contributed by atoms with Crippen LogP contribution in [0, 0.1) is 5.92 Å². The van der Waals surface area contributed by atoms with E-state index in [4.69, 9.17) is 19.6 Å². The van der Waals surface area contributed by atoms with E-state index in [0.29, 0.717) is 6.42 Å². The van der Waals surface area contributed by atoms with Crippen molar-refractivity contribution < 1.29 is 24.2 Å². The standard InChI is InChI=1S/C6H13O5P/c1-5-2-6(5,3-7)11-4-12(8,9)10/h5,7H,2-4H2,1H3,(H2,8,9,10)/t5-,6-/m0/s1. The van der Waals surface area contributed by atoms with E-state index in [1.807, 2.05) is 6.92 Å². The maximum Gasteiger partial charge on any atom is 0.351 e. The average Bonchev–Trinajstić information content (AvgIpc) is 2.57. The van der Waals surface area contributed by atoms with Crippen LogP contribution in [0.4, 0.5) is 0 Å². The van der Waals surface area contributed by atoms with Gasteiger partial charge >= 0.3 is 7.60 Å². The van der Waals surface area contributed by atoms with Gasteiger partial charge < -0.3 is 19.6 Å². The first-order valence-corrected chi connectivity index (χ1v) is 5.49. The third kappa shape index (κ3) is 2.28. The zero-order valence-corrected chi connectivity index (χ0v) is 7.70. The third-order valence-electron chi connectivity index (χ3n) is 2.18. The first kappa shape index (κ1) is 10.2. The van der Waals surface area contributed by atoms with Gasteiger partial charge in [-0.15, -0.1) is 0 Å². The molecule has 12 heavy (non-hydrogen) atoms. The largest absolute Gasteiger partial charge is 0.393 e. The average molecular weight is 196 g/mol. The highest BCUT2D eigenvalue weighted by atomic mass is 31.2. The Labute approximate surface area is 70.5 Å². The number of aliphatic hydroxyl groups is 1. The van der Waals surface area contributed by atoms with Gasteiger partial charge in [0.1, 0.15) is 6.35 Å². The fourth-order valence-corrected chi connectivity index (χ4v) is 1.56. The molecule has 0 saturated heterocycles. The Balaban J connectivity index is 2.37. The molecule has 0 heterocycles. The van der Waals surface area contributed by atoms with Gasteiger partial charge in [0.15, 0.2) is 0 Å². The van der Waals surface area contributed by atoms with Crippen LogP contribution in [-0.2, 0) is 9.30 Å². The Morgan fingerprint density at radius 3 is 2.42 bits per heavy atom. The van der Waals surface area contributed by atoms with Gasteiger partial charge in [-0.1, -0.05) is 6.92 Å². The Bertz CT molecular complexity index is 208. The van der Waals surface area contributed by atoms with Gasteiger partial charge in [-0.2, -0.15) is 0 Å². The van der Waals surface area contributed by atoms with E-state index < -0.39 is 19.5 Å². The summed E-state index contributed by atoms with van der Waals surface area (Å²) in [6.45, 7) is 1.70. The Hall–Kier alpha value is 0.0700. The topological polar surface area (TPSA) is 87.0 Å². The monoisotopic (exact) mass is 196 g/mol. The lowest BCUT2D eigenvalue weighted by Crippen LogP contribution is -2.22. The SMILES string of the molecule is C[C@H]1C[C@@]1(CO)OCP(=O)(O)O. The summed E-state index contributed by atoms with van der Waals surface area (Å²) in [5.41, 5.74) is -0.679. The van der Waals surface area contributed by atoms with Gasteiger partial charge in [0.25, 0.3) is 0 Å². The van der Waals surface area contributed by atoms with Crippen molar-refractivity contribution in [3.8, 4) is 0 Å². The van der Waals surface area contributed by atoms with E-state index in [1.54, 1.807) is 0 Å². The van der Waals surface area contributed by atoms with Crippen LogP contribution >= 0.6 is 7.60 Å². The van der Waals surface area contributed by atoms with Gasteiger partial charge in [-0.25, -0.2) is 0 Å². The normalized spacial score (nSPS) is 35.2. The molecule has 6 heteroatoms. The molecule has 1 aliphatic rings. The van der Waals surface area contributed by atoms with Crippen LogP contribution in [0.3, 0.4) is 0 Å². The molecule has 0 radical (unpaired) electrons. The highest BCUT2D eigenvalue weighted by molar-refractivity contribution is 7.51. The van der Waals surface area contributed by atoms with Crippen LogP contribution < -0.4 is 0 Å². The molecule has 1 aliphatic carbocycles. The van der Waals surface area contributed by atoms with Crippen molar-refractivity contribution in [3.05, 3.63) is 0 Å². The van der Waals surface area contributed by atoms with E-state index in [1.165, 1.54) is 0 Å². The van der Waals surface area contributed by atoms with E-state index in [9.17, 15) is 4.57 Å². The second-order valence-corrected chi connectivity index (χ2v) is 4.85. The summed E-state index contributed by atoms with van der Waals surface area (Å²) in [7, 11) is -4.10. The second-order valence-electron chi connectivity index (χ2n) is 3.27. The molecule has 0 spiro atoms. The highest BCUT2D eigenvalue weighted by Crippen LogP contribution is 2.49. The minimum Gasteiger partial charge on any atom is -0.393 e. The van der Waals surface area contributed by atoms with Crippen LogP contribution in [0.15, 0.2) is 0 Å². The first-order chi connectivity index (χ1) is 5.40. The molecule has 72 valence electrons. The predicted octanol–water partition coefficient (Wildman–Crippen LogP) is -0.0909. The summed E-state index contributed by atoms with van der Waals surface area (Å²) in [5.74, 6) is 0.189. The number of hydrogen-bond donors (Lipinski definition) is 3. The fourth-order valence-electron chi connectivity index (χ4n) is 1.14. The van der Waals surface area contributed by atoms with E-state index in [0.717, 1.165) is 0 Å². The molecule has 0 aliphatic heterocycles. The minimum atomic E-state index is -4.10. The molecule has 1 fully saturated rings. The number of ether oxygens (including phenoxy) is 1. The van der Waals surface area contributed by atoms with Crippen molar-refractivity contribution in [2.24, 2.45) is 5.92 Å². The van der Waals surface area contributed by atoms with Crippen LogP contribution in [0.5, 0.6) is 0 Å². The molecule has 0 amide bonds. The smallest absolute Gasteiger partial charge is 0.351 e. The Kier molecular flexibility index (Phi) is 2.61. The number of rotatable bonds is 4. The molecule has 2 atom stereocenters. The summed E-state index contributed by atoms with van der Waals surface area (Å²) in [4.78, 5) is 17.0. The lowest BCUT2D eigenvalue weighted by Gasteiger charge is -2.14. The molecule has 5 nitrogen and oxygen atoms in total. The third-order valence-corrected chi connectivity index (χ3v) is 2.64. The van der Waals surface area contributed by atoms with Crippen LogP contribution in [0.25, 0.3) is 0 Å². The molecule has 0 aromatic heterocycles. The van der Waals surface area contributed by atoms with Crippen LogP contribution in [0.2, 0.25) is 0 Å². The van der Waals surface area contributed by atoms with E-state index in [2.05, 4.69) is 0 Å². The fraction of sp³-hybridized carbons (Fsp3) is 1.00. The summed E-state index contributed by atoms with van der Waals surface area (Å²) >= 11 is 0. The van der Waals surface area contributed by atoms with Gasteiger partial charge in [0.05, 0.1) is 12.2 Å². The zero-order chi connectivity index (χ0) is 9.41. The van der Waals surface area contributed by atoms with Crippen molar-refractivity contribution in [3.63, 3.8) is 0 Å². The maximum atomic E-state index is 10.4. The highest BCUT2D eigenvalue weighted by Gasteiger charge is 2.52. The molecule has 0 aromatic rings. The van der Waals surface area contributed by atoms with Crippen molar-refractivity contribution in [1.29, 1.82) is 0 Å². The summed E-state index contributed by atoms with van der Waals surface area (Å²) in [6, 6.07) is 0. The van der Waals surface area contributed by atoms with Crippen molar-refractivity contribution >= 4 is 7.60 Å². The van der Waals surface area contributed by atoms with E-state index >= 15 is 0 Å². The van der Waals surface area contributed by atoms with Crippen LogP contribution in [-0.4, -0.2) is 33.4 Å². The molecule has 1 rings (SSSR count). The Morgan fingerprint density at radius 2 is 2.17 bits per heavy atom. The summed E-state index contributed by atoms with van der Waals surface area (Å²) in [6.07, 6.45) is 0.0708. The zero-order valence-electron chi connectivity index (χ0n) is 6.80. The molecule has 3 N–H and O–H groups in total. The quantitative estimate of drug-likeness (QED) is 0.547. The molecule has 1 saturated carbocycles. The minimum absolute atomic E-state index is 0.172. The number of aliphatic hydroxyl groups excluding tert-OH is 1. The van der Waals surface area contributed by atoms with Gasteiger partial charge in [-0.05, 0) is 12.3 Å². The summed E-state index contributed by atoms with van der Waals surface area (Å²) in [5, 5.41) is 8.85. The van der Waals surface area contributed by atoms with Crippen molar-refractivity contribution in [2.75, 3.05) is 13.0 Å². The molecule has 0 unspecified atom stereocenters. The maximum absolute atomic E-state index is 10.4. The van der Waals surface area contributed by atoms with Crippen molar-refractivity contribution in [1.82, 2.24) is 0 Å². The first-order valence-electron chi connectivity index (χ1n) is 3.69. The molecular weight excluding hydrogens is 183 g/mol. The summed E-state index contributed by atoms with van der Waals surface area (Å²) < 4.78 is 15.4. The van der Waals surface area contributed by atoms with E-state index in [-0.39, 0.29) is 12.5 Å². The lowest BCUT2D eigenvalue weighted by molar-refractivity contribution is 0.000104. The molecule has 0 bridgehead atoms. The van der Waals surface area contributed by atoms with Gasteiger partial charge in [0, 0.05) is 0 Å². The second kappa shape index (κ2) is 3.09. The lowest BCUT2D eigenvalue weighted by atomic mass is 10.3. The molecule has 0 aromatic carbocycles. The van der Waals surface area contributed by atoms with Crippen molar-refractivity contribution in [2.45, 2.75) is 18.9 Å². The van der Waals surface area contributed by atoms with Crippen LogP contribution in [0.1, 0.15) is 13.3 Å². The van der Waals surface area contributed by atoms with Gasteiger partial charge in [0.2, 0.25) is 0 Å². The predicted molar refractivity (Wildman–Crippen MR) is 41.6 cm³/mol. The number of hydrogen-bond acceptors (Lipinski definition) is 3. The molecular formula is C6H13O5P. The Morgan fingerprint density at radius 1 is 1.67 bits per heavy atom.